The quantitative estimate of drug-likeness (QED) is 0.167. The molecule has 0 fully saturated rings. The minimum atomic E-state index is -1.16. The van der Waals surface area contributed by atoms with Crippen molar-refractivity contribution < 1.29 is 50.5 Å². The second kappa shape index (κ2) is 11.9. The van der Waals surface area contributed by atoms with E-state index in [4.69, 9.17) is 10.2 Å². The molecule has 0 aliphatic heterocycles. The number of aromatic nitrogens is 2. The average Bonchev–Trinajstić information content (AvgIpc) is 3.01. The molecule has 0 saturated heterocycles. The maximum atomic E-state index is 11.5. The van der Waals surface area contributed by atoms with Gasteiger partial charge in [0.1, 0.15) is 17.9 Å². The minimum Gasteiger partial charge on any atom is -0.480 e. The number of nitrogens with zero attached hydrogens (tertiary/aromatic N) is 2. The summed E-state index contributed by atoms with van der Waals surface area (Å²) in [4.78, 5) is 44.6. The van der Waals surface area contributed by atoms with Crippen molar-refractivity contribution in [2.75, 3.05) is 0 Å². The van der Waals surface area contributed by atoms with E-state index in [0.717, 1.165) is 0 Å². The van der Waals surface area contributed by atoms with Crippen LogP contribution in [-0.4, -0.2) is 61.8 Å². The van der Waals surface area contributed by atoms with Gasteiger partial charge >= 0.3 is 17.9 Å². The Morgan fingerprint density at radius 3 is 2.10 bits per heavy atom. The number of amides is 1. The smallest absolute Gasteiger partial charge is 0.362 e. The number of hydrogen-bond acceptors (Lipinski definition) is 4. The van der Waals surface area contributed by atoms with Crippen molar-refractivity contribution in [2.24, 2.45) is 0 Å². The molecule has 0 saturated carbocycles. The summed E-state index contributed by atoms with van der Waals surface area (Å²) < 4.78 is 3.65. The van der Waals surface area contributed by atoms with Crippen molar-refractivity contribution in [2.45, 2.75) is 70.2 Å². The summed E-state index contributed by atoms with van der Waals surface area (Å²) in [5, 5.41) is 29.7. The van der Waals surface area contributed by atoms with E-state index >= 15 is 0 Å². The first-order valence-electron chi connectivity index (χ1n) is 9.71. The Bertz CT molecular complexity index is 764. The highest BCUT2D eigenvalue weighted by Crippen LogP contribution is 2.07. The van der Waals surface area contributed by atoms with Crippen LogP contribution in [0.1, 0.15) is 38.3 Å². The van der Waals surface area contributed by atoms with Gasteiger partial charge in [-0.1, -0.05) is 0 Å². The lowest BCUT2D eigenvalue weighted by Crippen LogP contribution is -2.65. The number of rotatable bonds is 14. The number of aliphatic carboxylic acids is 3. The van der Waals surface area contributed by atoms with Crippen LogP contribution in [0, 0.1) is 0 Å². The second-order valence-electron chi connectivity index (χ2n) is 7.32. The minimum absolute atomic E-state index is 0.0573. The number of carbonyl (C=O) groups excluding carboxylic acids is 1. The summed E-state index contributed by atoms with van der Waals surface area (Å²) in [6.45, 7) is 2.22. The third kappa shape index (κ3) is 8.57. The molecule has 12 heteroatoms. The van der Waals surface area contributed by atoms with Crippen molar-refractivity contribution >= 4 is 23.8 Å². The lowest BCUT2D eigenvalue weighted by Gasteiger charge is -2.12. The van der Waals surface area contributed by atoms with Crippen molar-refractivity contribution in [1.82, 2.24) is 9.88 Å². The number of carboxylic acid groups (broad SMARTS) is 3. The van der Waals surface area contributed by atoms with E-state index in [-0.39, 0.29) is 6.42 Å². The second-order valence-corrected chi connectivity index (χ2v) is 7.32. The van der Waals surface area contributed by atoms with E-state index in [0.29, 0.717) is 44.5 Å². The molecule has 12 nitrogen and oxygen atoms in total. The Morgan fingerprint density at radius 2 is 1.60 bits per heavy atom. The molecule has 1 rings (SSSR count). The zero-order valence-corrected chi connectivity index (χ0v) is 17.1. The molecule has 0 aliphatic carbocycles. The number of quaternary nitrogens is 2. The molecular weight excluding hydrogens is 398 g/mol. The topological polar surface area (TPSA) is 205 Å². The Labute approximate surface area is 173 Å². The molecule has 10 N–H and O–H groups in total. The van der Waals surface area contributed by atoms with Gasteiger partial charge in [0.25, 0.3) is 0 Å². The van der Waals surface area contributed by atoms with Crippen LogP contribution < -0.4 is 21.4 Å². The Balaban J connectivity index is 2.90. The molecular formula is C18H32N5O7+3. The fourth-order valence-corrected chi connectivity index (χ4v) is 2.98. The zero-order chi connectivity index (χ0) is 22.8. The summed E-state index contributed by atoms with van der Waals surface area (Å²) in [6.07, 6.45) is 5.46. The average molecular weight is 430 g/mol. The molecule has 168 valence electrons. The Morgan fingerprint density at radius 1 is 1.03 bits per heavy atom. The molecule has 1 aromatic heterocycles. The molecule has 30 heavy (non-hydrogen) atoms. The van der Waals surface area contributed by atoms with Crippen LogP contribution in [0.2, 0.25) is 0 Å². The van der Waals surface area contributed by atoms with Crippen LogP contribution in [0.5, 0.6) is 0 Å². The van der Waals surface area contributed by atoms with E-state index in [1.54, 1.807) is 12.5 Å². The summed E-state index contributed by atoms with van der Waals surface area (Å²) in [5.41, 5.74) is 7.82. The van der Waals surface area contributed by atoms with Crippen molar-refractivity contribution in [1.29, 1.82) is 0 Å². The standard InChI is InChI=1S/C18H29N5O7/c1-11(24)21-15(18(29)30)8-12-9-22(6-2-4-13(19)16(25)26)10-23(12)7-3-5-14(20)17(27)28/h9-10,13-15H,2-8,19-20H2,1H3,(H3-,21,24,25,26,27,28,29,30)/p+3/t13-,14-,15-/m0/s1. The van der Waals surface area contributed by atoms with Crippen LogP contribution in [0.25, 0.3) is 0 Å². The van der Waals surface area contributed by atoms with Crippen molar-refractivity contribution in [3.8, 4) is 0 Å². The van der Waals surface area contributed by atoms with Gasteiger partial charge in [0, 0.05) is 26.2 Å². The molecule has 0 aromatic carbocycles. The van der Waals surface area contributed by atoms with Gasteiger partial charge in [-0.15, -0.1) is 0 Å². The van der Waals surface area contributed by atoms with Gasteiger partial charge in [0.2, 0.25) is 12.2 Å². The predicted octanol–water partition coefficient (Wildman–Crippen LogP) is -3.14. The number of aryl methyl sites for hydroxylation is 2. The van der Waals surface area contributed by atoms with Crippen molar-refractivity contribution in [3.05, 3.63) is 18.2 Å². The molecule has 1 amide bonds. The number of imidazole rings is 1. The van der Waals surface area contributed by atoms with Crippen LogP contribution in [0.15, 0.2) is 12.5 Å². The monoisotopic (exact) mass is 430 g/mol. The zero-order valence-electron chi connectivity index (χ0n) is 17.1. The molecule has 0 unspecified atom stereocenters. The first-order valence-corrected chi connectivity index (χ1v) is 9.71. The molecule has 0 spiro atoms. The number of carbonyl (C=O) groups is 4. The van der Waals surface area contributed by atoms with Crippen molar-refractivity contribution in [3.63, 3.8) is 0 Å². The van der Waals surface area contributed by atoms with Gasteiger partial charge in [-0.3, -0.25) is 4.79 Å². The Kier molecular flexibility index (Phi) is 9.92. The van der Waals surface area contributed by atoms with E-state index in [1.807, 2.05) is 9.13 Å². The third-order valence-electron chi connectivity index (χ3n) is 4.68. The summed E-state index contributed by atoms with van der Waals surface area (Å²) >= 11 is 0. The lowest BCUT2D eigenvalue weighted by molar-refractivity contribution is -0.697. The summed E-state index contributed by atoms with van der Waals surface area (Å²) in [6, 6.07) is -2.53. The van der Waals surface area contributed by atoms with Crippen LogP contribution in [0.3, 0.4) is 0 Å². The number of nitrogens with one attached hydrogen (secondary N) is 1. The highest BCUT2D eigenvalue weighted by Gasteiger charge is 2.25. The Hall–Kier alpha value is -2.99. The summed E-state index contributed by atoms with van der Waals surface area (Å²) in [7, 11) is 0. The maximum absolute atomic E-state index is 11.5. The molecule has 0 aliphatic rings. The molecule has 3 atom stereocenters. The van der Waals surface area contributed by atoms with E-state index in [9.17, 15) is 24.3 Å². The van der Waals surface area contributed by atoms with Crippen LogP contribution in [0.4, 0.5) is 0 Å². The van der Waals surface area contributed by atoms with Gasteiger partial charge < -0.3 is 32.1 Å². The normalized spacial score (nSPS) is 14.0. The van der Waals surface area contributed by atoms with E-state index in [1.165, 1.54) is 6.92 Å². The predicted molar refractivity (Wildman–Crippen MR) is 101 cm³/mol. The first-order chi connectivity index (χ1) is 14.0. The van der Waals surface area contributed by atoms with Crippen LogP contribution in [-0.2, 0) is 38.7 Å². The molecule has 1 heterocycles. The fraction of sp³-hybridized carbons (Fsp3) is 0.611. The first kappa shape index (κ1) is 25.0. The van der Waals surface area contributed by atoms with Crippen LogP contribution >= 0.6 is 0 Å². The molecule has 1 aromatic rings. The molecule has 0 bridgehead atoms. The maximum Gasteiger partial charge on any atom is 0.362 e. The van der Waals surface area contributed by atoms with E-state index in [2.05, 4.69) is 16.8 Å². The third-order valence-corrected chi connectivity index (χ3v) is 4.68. The fourth-order valence-electron chi connectivity index (χ4n) is 2.98. The highest BCUT2D eigenvalue weighted by molar-refractivity contribution is 5.82. The highest BCUT2D eigenvalue weighted by atomic mass is 16.4. The SMILES string of the molecule is CC(=O)N[C@@H](Cc1c[n+](CCC[C@H]([NH3+])C(=O)O)cn1CCC[C@H]([NH3+])C(=O)O)C(=O)O. The van der Waals surface area contributed by atoms with E-state index < -0.39 is 41.9 Å². The summed E-state index contributed by atoms with van der Waals surface area (Å²) in [5.74, 6) is -3.55. The van der Waals surface area contributed by atoms with Gasteiger partial charge in [-0.05, 0) is 12.8 Å². The molecule has 0 radical (unpaired) electrons. The lowest BCUT2D eigenvalue weighted by atomic mass is 10.1. The largest absolute Gasteiger partial charge is 0.480 e. The van der Waals surface area contributed by atoms with Gasteiger partial charge in [0.05, 0.1) is 13.1 Å². The number of carboxylic acids is 3. The number of hydrogen-bond donors (Lipinski definition) is 6. The van der Waals surface area contributed by atoms with Gasteiger partial charge in [-0.25, -0.2) is 23.5 Å². The van der Waals surface area contributed by atoms with Gasteiger partial charge in [-0.2, -0.15) is 0 Å². The van der Waals surface area contributed by atoms with Gasteiger partial charge in [0.15, 0.2) is 12.1 Å².